The second-order valence-electron chi connectivity index (χ2n) is 6.81. The standard InChI is InChI=1S/C21H22F2O3/c1-21(2,3)16-9-7-15(8-10-16)17(24)11-5-14-6-12-18(26-20(22)23)19(13-14)25-4/h5-13,20H,1-4H3. The smallest absolute Gasteiger partial charge is 0.387 e. The van der Waals surface area contributed by atoms with Gasteiger partial charge in [0.1, 0.15) is 0 Å². The van der Waals surface area contributed by atoms with Crippen LogP contribution in [0.1, 0.15) is 42.3 Å². The van der Waals surface area contributed by atoms with Gasteiger partial charge in [0, 0.05) is 5.56 Å². The molecule has 5 heteroatoms. The Morgan fingerprint density at radius 2 is 1.69 bits per heavy atom. The Kier molecular flexibility index (Phi) is 6.14. The van der Waals surface area contributed by atoms with Crippen molar-refractivity contribution in [3.8, 4) is 11.5 Å². The first-order valence-electron chi connectivity index (χ1n) is 8.16. The predicted octanol–water partition coefficient (Wildman–Crippen LogP) is 5.49. The number of carbonyl (C=O) groups excluding carboxylic acids is 1. The first-order chi connectivity index (χ1) is 12.2. The van der Waals surface area contributed by atoms with Crippen LogP contribution in [-0.2, 0) is 5.41 Å². The van der Waals surface area contributed by atoms with Gasteiger partial charge in [-0.2, -0.15) is 8.78 Å². The number of methoxy groups -OCH3 is 1. The molecule has 0 aliphatic heterocycles. The number of ether oxygens (including phenoxy) is 2. The van der Waals surface area contributed by atoms with Gasteiger partial charge in [0.15, 0.2) is 17.3 Å². The summed E-state index contributed by atoms with van der Waals surface area (Å²) in [5.41, 5.74) is 2.40. The molecule has 0 unspecified atom stereocenters. The fraction of sp³-hybridized carbons (Fsp3) is 0.286. The van der Waals surface area contributed by atoms with E-state index in [2.05, 4.69) is 25.5 Å². The van der Waals surface area contributed by atoms with Crippen molar-refractivity contribution < 1.29 is 23.0 Å². The summed E-state index contributed by atoms with van der Waals surface area (Å²) in [4.78, 5) is 12.3. The Balaban J connectivity index is 2.14. The molecule has 2 rings (SSSR count). The van der Waals surface area contributed by atoms with Gasteiger partial charge in [0.25, 0.3) is 0 Å². The van der Waals surface area contributed by atoms with Gasteiger partial charge in [-0.3, -0.25) is 4.79 Å². The van der Waals surface area contributed by atoms with Crippen LogP contribution in [0.15, 0.2) is 48.5 Å². The summed E-state index contributed by atoms with van der Waals surface area (Å²) in [7, 11) is 1.36. The van der Waals surface area contributed by atoms with E-state index in [1.54, 1.807) is 24.3 Å². The summed E-state index contributed by atoms with van der Waals surface area (Å²) in [5.74, 6) is -0.0180. The first kappa shape index (κ1) is 19.6. The maximum Gasteiger partial charge on any atom is 0.387 e. The lowest BCUT2D eigenvalue weighted by molar-refractivity contribution is -0.0512. The van der Waals surface area contributed by atoms with Gasteiger partial charge in [0.2, 0.25) is 0 Å². The number of alkyl halides is 2. The van der Waals surface area contributed by atoms with Crippen LogP contribution in [0.4, 0.5) is 8.78 Å². The molecule has 2 aromatic carbocycles. The predicted molar refractivity (Wildman–Crippen MR) is 98.1 cm³/mol. The Bertz CT molecular complexity index is 788. The second-order valence-corrected chi connectivity index (χ2v) is 6.81. The molecule has 2 aromatic rings. The lowest BCUT2D eigenvalue weighted by Gasteiger charge is -2.18. The Morgan fingerprint density at radius 3 is 2.23 bits per heavy atom. The summed E-state index contributed by atoms with van der Waals surface area (Å²) < 4.78 is 34.1. The SMILES string of the molecule is COc1cc(C=CC(=O)c2ccc(C(C)(C)C)cc2)ccc1OC(F)F. The van der Waals surface area contributed by atoms with Crippen molar-refractivity contribution in [3.63, 3.8) is 0 Å². The topological polar surface area (TPSA) is 35.5 Å². The number of carbonyl (C=O) groups is 1. The molecule has 0 amide bonds. The van der Waals surface area contributed by atoms with Crippen LogP contribution in [0.5, 0.6) is 11.5 Å². The largest absolute Gasteiger partial charge is 0.493 e. The van der Waals surface area contributed by atoms with Crippen molar-refractivity contribution in [2.45, 2.75) is 32.8 Å². The van der Waals surface area contributed by atoms with Crippen LogP contribution >= 0.6 is 0 Å². The maximum atomic E-state index is 12.3. The number of benzene rings is 2. The Labute approximate surface area is 152 Å². The van der Waals surface area contributed by atoms with Crippen molar-refractivity contribution in [1.82, 2.24) is 0 Å². The molecular formula is C21H22F2O3. The van der Waals surface area contributed by atoms with Crippen LogP contribution in [-0.4, -0.2) is 19.5 Å². The van der Waals surface area contributed by atoms with Gasteiger partial charge >= 0.3 is 6.61 Å². The van der Waals surface area contributed by atoms with Crippen molar-refractivity contribution in [2.24, 2.45) is 0 Å². The van der Waals surface area contributed by atoms with E-state index in [0.29, 0.717) is 11.1 Å². The van der Waals surface area contributed by atoms with Gasteiger partial charge in [-0.1, -0.05) is 57.2 Å². The number of ketones is 1. The van der Waals surface area contributed by atoms with E-state index in [0.717, 1.165) is 5.56 Å². The lowest BCUT2D eigenvalue weighted by atomic mass is 9.86. The fourth-order valence-electron chi connectivity index (χ4n) is 2.38. The minimum Gasteiger partial charge on any atom is -0.493 e. The molecule has 0 atom stereocenters. The molecule has 0 bridgehead atoms. The van der Waals surface area contributed by atoms with Crippen LogP contribution in [0.25, 0.3) is 6.08 Å². The van der Waals surface area contributed by atoms with E-state index in [9.17, 15) is 13.6 Å². The molecule has 0 aliphatic carbocycles. The van der Waals surface area contributed by atoms with E-state index in [1.165, 1.54) is 25.3 Å². The molecule has 3 nitrogen and oxygen atoms in total. The van der Waals surface area contributed by atoms with Crippen LogP contribution < -0.4 is 9.47 Å². The molecule has 138 valence electrons. The number of allylic oxidation sites excluding steroid dienone is 1. The zero-order chi connectivity index (χ0) is 19.3. The summed E-state index contributed by atoms with van der Waals surface area (Å²) in [6.45, 7) is 3.40. The van der Waals surface area contributed by atoms with Crippen LogP contribution in [0.2, 0.25) is 0 Å². The highest BCUT2D eigenvalue weighted by atomic mass is 19.3. The Morgan fingerprint density at radius 1 is 1.04 bits per heavy atom. The van der Waals surface area contributed by atoms with E-state index in [-0.39, 0.29) is 22.7 Å². The lowest BCUT2D eigenvalue weighted by Crippen LogP contribution is -2.11. The van der Waals surface area contributed by atoms with Gasteiger partial charge < -0.3 is 9.47 Å². The van der Waals surface area contributed by atoms with Crippen molar-refractivity contribution >= 4 is 11.9 Å². The van der Waals surface area contributed by atoms with E-state index in [1.807, 2.05) is 12.1 Å². The number of rotatable bonds is 6. The summed E-state index contributed by atoms with van der Waals surface area (Å²) >= 11 is 0. The molecule has 0 saturated carbocycles. The maximum absolute atomic E-state index is 12.3. The monoisotopic (exact) mass is 360 g/mol. The third kappa shape index (κ3) is 5.15. The zero-order valence-corrected chi connectivity index (χ0v) is 15.3. The molecule has 0 saturated heterocycles. The van der Waals surface area contributed by atoms with Crippen molar-refractivity contribution in [2.75, 3.05) is 7.11 Å². The molecule has 0 fully saturated rings. The molecule has 0 heterocycles. The quantitative estimate of drug-likeness (QED) is 0.505. The normalized spacial score (nSPS) is 11.8. The average Bonchev–Trinajstić information content (AvgIpc) is 2.59. The number of halogens is 2. The fourth-order valence-corrected chi connectivity index (χ4v) is 2.38. The minimum absolute atomic E-state index is 0.0238. The Hall–Kier alpha value is -2.69. The van der Waals surface area contributed by atoms with E-state index in [4.69, 9.17) is 4.74 Å². The van der Waals surface area contributed by atoms with Gasteiger partial charge in [-0.25, -0.2) is 0 Å². The van der Waals surface area contributed by atoms with Gasteiger partial charge in [-0.05, 0) is 34.8 Å². The summed E-state index contributed by atoms with van der Waals surface area (Å²) in [6.07, 6.45) is 3.04. The van der Waals surface area contributed by atoms with Crippen molar-refractivity contribution in [3.05, 3.63) is 65.2 Å². The van der Waals surface area contributed by atoms with Crippen molar-refractivity contribution in [1.29, 1.82) is 0 Å². The number of hydrogen-bond acceptors (Lipinski definition) is 3. The molecule has 0 N–H and O–H groups in total. The molecule has 0 spiro atoms. The molecule has 0 aliphatic rings. The van der Waals surface area contributed by atoms with Crippen LogP contribution in [0, 0.1) is 0 Å². The summed E-state index contributed by atoms with van der Waals surface area (Å²) in [5, 5.41) is 0. The second kappa shape index (κ2) is 8.13. The third-order valence-electron chi connectivity index (χ3n) is 3.87. The highest BCUT2D eigenvalue weighted by Crippen LogP contribution is 2.30. The molecular weight excluding hydrogens is 338 g/mol. The number of hydrogen-bond donors (Lipinski definition) is 0. The first-order valence-corrected chi connectivity index (χ1v) is 8.16. The van der Waals surface area contributed by atoms with E-state index < -0.39 is 6.61 Å². The summed E-state index contributed by atoms with van der Waals surface area (Å²) in [6, 6.07) is 12.0. The zero-order valence-electron chi connectivity index (χ0n) is 15.3. The van der Waals surface area contributed by atoms with Crippen LogP contribution in [0.3, 0.4) is 0 Å². The van der Waals surface area contributed by atoms with Gasteiger partial charge in [0.05, 0.1) is 7.11 Å². The van der Waals surface area contributed by atoms with E-state index >= 15 is 0 Å². The highest BCUT2D eigenvalue weighted by molar-refractivity contribution is 6.06. The molecule has 0 radical (unpaired) electrons. The third-order valence-corrected chi connectivity index (χ3v) is 3.87. The highest BCUT2D eigenvalue weighted by Gasteiger charge is 2.14. The average molecular weight is 360 g/mol. The minimum atomic E-state index is -2.93. The van der Waals surface area contributed by atoms with Gasteiger partial charge in [-0.15, -0.1) is 0 Å². The molecule has 0 aromatic heterocycles. The molecule has 26 heavy (non-hydrogen) atoms.